The minimum Gasteiger partial charge on any atom is -0.383 e. The fourth-order valence-corrected chi connectivity index (χ4v) is 3.04. The summed E-state index contributed by atoms with van der Waals surface area (Å²) in [6.45, 7) is 0. The lowest BCUT2D eigenvalue weighted by atomic mass is 10.0. The van der Waals surface area contributed by atoms with Gasteiger partial charge in [-0.2, -0.15) is 13.2 Å². The number of halogens is 3. The van der Waals surface area contributed by atoms with E-state index in [4.69, 9.17) is 5.73 Å². The number of hydrogen-bond acceptors (Lipinski definition) is 4. The third kappa shape index (κ3) is 3.93. The van der Waals surface area contributed by atoms with Crippen LogP contribution in [-0.2, 0) is 6.18 Å². The average molecular weight is 408 g/mol. The largest absolute Gasteiger partial charge is 0.416 e. The summed E-state index contributed by atoms with van der Waals surface area (Å²) < 4.78 is 38.5. The molecule has 1 aromatic heterocycles. The topological polar surface area (TPSA) is 80.9 Å². The Bertz CT molecular complexity index is 1240. The molecule has 0 spiro atoms. The third-order valence-electron chi connectivity index (χ3n) is 4.59. The van der Waals surface area contributed by atoms with E-state index in [-0.39, 0.29) is 5.56 Å². The number of nitrogens with zero attached hydrogens (tertiary/aromatic N) is 2. The normalized spacial score (nSPS) is 11.4. The first-order chi connectivity index (χ1) is 14.3. The van der Waals surface area contributed by atoms with Crippen LogP contribution in [0.5, 0.6) is 0 Å². The van der Waals surface area contributed by atoms with Gasteiger partial charge in [0.1, 0.15) is 12.1 Å². The van der Waals surface area contributed by atoms with E-state index in [0.717, 1.165) is 34.2 Å². The summed E-state index contributed by atoms with van der Waals surface area (Å²) in [5, 5.41) is 3.34. The molecule has 1 amide bonds. The molecule has 0 fully saturated rings. The molecule has 0 bridgehead atoms. The number of fused-ring (bicyclic) bond motifs is 1. The number of carbonyl (C=O) groups excluding carboxylic acids is 1. The summed E-state index contributed by atoms with van der Waals surface area (Å²) in [6, 6.07) is 16.8. The van der Waals surface area contributed by atoms with Gasteiger partial charge in [-0.3, -0.25) is 4.79 Å². The predicted molar refractivity (Wildman–Crippen MR) is 109 cm³/mol. The average Bonchev–Trinajstić information content (AvgIpc) is 2.74. The van der Waals surface area contributed by atoms with Crippen molar-refractivity contribution >= 4 is 28.3 Å². The molecule has 0 atom stereocenters. The molecule has 3 aromatic carbocycles. The van der Waals surface area contributed by atoms with Crippen LogP contribution in [0.25, 0.3) is 22.0 Å². The van der Waals surface area contributed by atoms with Crippen LogP contribution < -0.4 is 11.1 Å². The molecule has 0 unspecified atom stereocenters. The Labute approximate surface area is 169 Å². The highest BCUT2D eigenvalue weighted by Gasteiger charge is 2.30. The molecular weight excluding hydrogens is 393 g/mol. The van der Waals surface area contributed by atoms with Gasteiger partial charge in [0.05, 0.1) is 11.1 Å². The molecular formula is C22H15F3N4O. The van der Waals surface area contributed by atoms with Crippen LogP contribution in [0.4, 0.5) is 24.7 Å². The van der Waals surface area contributed by atoms with E-state index in [0.29, 0.717) is 11.5 Å². The third-order valence-corrected chi connectivity index (χ3v) is 4.59. The SMILES string of the molecule is Nc1ncnc2ccc(-c3ccc(NC(=O)c4cccc(C(F)(F)F)c4)cc3)cc12. The van der Waals surface area contributed by atoms with Crippen molar-refractivity contribution in [2.24, 2.45) is 0 Å². The monoisotopic (exact) mass is 408 g/mol. The quantitative estimate of drug-likeness (QED) is 0.491. The molecule has 5 nitrogen and oxygen atoms in total. The maximum atomic E-state index is 12.8. The van der Waals surface area contributed by atoms with Gasteiger partial charge >= 0.3 is 6.18 Å². The van der Waals surface area contributed by atoms with Crippen molar-refractivity contribution < 1.29 is 18.0 Å². The van der Waals surface area contributed by atoms with Crippen LogP contribution in [-0.4, -0.2) is 15.9 Å². The standard InChI is InChI=1S/C22H15F3N4O/c23-22(24,25)16-3-1-2-15(10-16)21(30)29-17-7-4-13(5-8-17)14-6-9-19-18(11-14)20(26)28-12-27-19/h1-12H,(H,29,30)(H2,26,27,28). The predicted octanol–water partition coefficient (Wildman–Crippen LogP) is 5.15. The van der Waals surface area contributed by atoms with Gasteiger partial charge in [0.15, 0.2) is 0 Å². The van der Waals surface area contributed by atoms with E-state index in [2.05, 4.69) is 15.3 Å². The van der Waals surface area contributed by atoms with Crippen LogP contribution in [0.15, 0.2) is 73.1 Å². The minimum absolute atomic E-state index is 0.0705. The van der Waals surface area contributed by atoms with Crippen molar-refractivity contribution in [3.05, 3.63) is 84.2 Å². The van der Waals surface area contributed by atoms with E-state index < -0.39 is 17.6 Å². The van der Waals surface area contributed by atoms with Gasteiger partial charge in [-0.1, -0.05) is 24.3 Å². The first-order valence-corrected chi connectivity index (χ1v) is 8.90. The van der Waals surface area contributed by atoms with Gasteiger partial charge in [-0.15, -0.1) is 0 Å². The first kappa shape index (κ1) is 19.4. The number of nitrogen functional groups attached to an aromatic ring is 1. The lowest BCUT2D eigenvalue weighted by molar-refractivity contribution is -0.137. The van der Waals surface area contributed by atoms with Gasteiger partial charge in [0.2, 0.25) is 0 Å². The van der Waals surface area contributed by atoms with E-state index in [1.165, 1.54) is 18.5 Å². The van der Waals surface area contributed by atoms with Gasteiger partial charge in [-0.25, -0.2) is 9.97 Å². The second-order valence-corrected chi connectivity index (χ2v) is 6.60. The molecule has 4 rings (SSSR count). The Morgan fingerprint density at radius 1 is 0.900 bits per heavy atom. The maximum Gasteiger partial charge on any atom is 0.416 e. The molecule has 0 saturated carbocycles. The van der Waals surface area contributed by atoms with Crippen LogP contribution in [0, 0.1) is 0 Å². The fraction of sp³-hybridized carbons (Fsp3) is 0.0455. The van der Waals surface area contributed by atoms with E-state index in [1.807, 2.05) is 18.2 Å². The molecule has 1 heterocycles. The number of nitrogens with two attached hydrogens (primary N) is 1. The number of rotatable bonds is 3. The summed E-state index contributed by atoms with van der Waals surface area (Å²) in [6.07, 6.45) is -3.11. The van der Waals surface area contributed by atoms with Crippen LogP contribution in [0.2, 0.25) is 0 Å². The highest BCUT2D eigenvalue weighted by atomic mass is 19.4. The van der Waals surface area contributed by atoms with E-state index in [9.17, 15) is 18.0 Å². The van der Waals surface area contributed by atoms with E-state index in [1.54, 1.807) is 24.3 Å². The number of hydrogen-bond donors (Lipinski definition) is 2. The van der Waals surface area contributed by atoms with Gasteiger partial charge in [0, 0.05) is 16.6 Å². The van der Waals surface area contributed by atoms with Crippen molar-refractivity contribution in [3.63, 3.8) is 0 Å². The summed E-state index contributed by atoms with van der Waals surface area (Å²) in [4.78, 5) is 20.5. The highest BCUT2D eigenvalue weighted by Crippen LogP contribution is 2.30. The summed E-state index contributed by atoms with van der Waals surface area (Å²) in [5.74, 6) is -0.240. The van der Waals surface area contributed by atoms with Crippen molar-refractivity contribution in [1.82, 2.24) is 9.97 Å². The summed E-state index contributed by atoms with van der Waals surface area (Å²) in [5.41, 5.74) is 7.92. The number of benzene rings is 3. The second-order valence-electron chi connectivity index (χ2n) is 6.60. The van der Waals surface area contributed by atoms with Gasteiger partial charge in [-0.05, 0) is 53.6 Å². The molecule has 0 radical (unpaired) electrons. The molecule has 30 heavy (non-hydrogen) atoms. The first-order valence-electron chi connectivity index (χ1n) is 8.90. The molecule has 0 aliphatic carbocycles. The summed E-state index contributed by atoms with van der Waals surface area (Å²) in [7, 11) is 0. The molecule has 0 saturated heterocycles. The Hall–Kier alpha value is -3.94. The smallest absolute Gasteiger partial charge is 0.383 e. The number of aromatic nitrogens is 2. The Kier molecular flexibility index (Phi) is 4.83. The molecule has 8 heteroatoms. The molecule has 0 aliphatic rings. The van der Waals surface area contributed by atoms with Gasteiger partial charge in [0.25, 0.3) is 5.91 Å². The number of anilines is 2. The van der Waals surface area contributed by atoms with Crippen LogP contribution >= 0.6 is 0 Å². The minimum atomic E-state index is -4.51. The second kappa shape index (κ2) is 7.47. The molecule has 150 valence electrons. The zero-order valence-electron chi connectivity index (χ0n) is 15.4. The molecule has 4 aromatic rings. The maximum absolute atomic E-state index is 12.8. The summed E-state index contributed by atoms with van der Waals surface area (Å²) >= 11 is 0. The number of amides is 1. The Balaban J connectivity index is 1.54. The molecule has 3 N–H and O–H groups in total. The van der Waals surface area contributed by atoms with Crippen molar-refractivity contribution in [2.75, 3.05) is 11.1 Å². The van der Waals surface area contributed by atoms with Crippen LogP contribution in [0.3, 0.4) is 0 Å². The Morgan fingerprint density at radius 3 is 2.37 bits per heavy atom. The van der Waals surface area contributed by atoms with Gasteiger partial charge < -0.3 is 11.1 Å². The molecule has 0 aliphatic heterocycles. The number of carbonyl (C=O) groups is 1. The lowest BCUT2D eigenvalue weighted by Gasteiger charge is -2.10. The van der Waals surface area contributed by atoms with Crippen molar-refractivity contribution in [1.29, 1.82) is 0 Å². The highest BCUT2D eigenvalue weighted by molar-refractivity contribution is 6.04. The zero-order valence-corrected chi connectivity index (χ0v) is 15.4. The van der Waals surface area contributed by atoms with Crippen molar-refractivity contribution in [2.45, 2.75) is 6.18 Å². The van der Waals surface area contributed by atoms with E-state index >= 15 is 0 Å². The fourth-order valence-electron chi connectivity index (χ4n) is 3.04. The number of nitrogens with one attached hydrogen (secondary N) is 1. The number of alkyl halides is 3. The Morgan fingerprint density at radius 2 is 1.63 bits per heavy atom. The van der Waals surface area contributed by atoms with Crippen LogP contribution in [0.1, 0.15) is 15.9 Å². The lowest BCUT2D eigenvalue weighted by Crippen LogP contribution is -2.13. The zero-order chi connectivity index (χ0) is 21.3. The van der Waals surface area contributed by atoms with Crippen molar-refractivity contribution in [3.8, 4) is 11.1 Å².